The largest absolute Gasteiger partial charge is 0.394 e. The van der Waals surface area contributed by atoms with E-state index in [4.69, 9.17) is 0 Å². The van der Waals surface area contributed by atoms with Crippen molar-refractivity contribution in [2.24, 2.45) is 0 Å². The maximum Gasteiger partial charge on any atom is 0.268 e. The van der Waals surface area contributed by atoms with E-state index in [0.717, 1.165) is 19.3 Å². The van der Waals surface area contributed by atoms with E-state index in [1.165, 1.54) is 12.1 Å². The van der Waals surface area contributed by atoms with Gasteiger partial charge in [0.05, 0.1) is 12.6 Å². The minimum Gasteiger partial charge on any atom is -0.394 e. The zero-order chi connectivity index (χ0) is 13.5. The molecular weight excluding hydrogens is 232 g/mol. The van der Waals surface area contributed by atoms with Crippen molar-refractivity contribution in [3.8, 4) is 0 Å². The number of carbonyl (C=O) groups excluding carboxylic acids is 1. The fraction of sp³-hybridized carbons (Fsp3) is 0.538. The summed E-state index contributed by atoms with van der Waals surface area (Å²) in [5, 5.41) is 11.9. The second-order valence-electron chi connectivity index (χ2n) is 4.41. The Morgan fingerprint density at radius 2 is 2.22 bits per heavy atom. The van der Waals surface area contributed by atoms with E-state index in [1.807, 2.05) is 6.92 Å². The molecule has 100 valence electrons. The summed E-state index contributed by atoms with van der Waals surface area (Å²) in [6.07, 6.45) is 2.68. The molecule has 0 aliphatic heterocycles. The highest BCUT2D eigenvalue weighted by atomic mass is 16.3. The number of amides is 1. The number of H-pyrrole nitrogens is 1. The molecule has 0 bridgehead atoms. The van der Waals surface area contributed by atoms with E-state index in [-0.39, 0.29) is 29.7 Å². The summed E-state index contributed by atoms with van der Waals surface area (Å²) in [5.74, 6) is -0.356. The molecule has 0 saturated carbocycles. The minimum absolute atomic E-state index is 0.0954. The van der Waals surface area contributed by atoms with Crippen LogP contribution in [0.2, 0.25) is 0 Å². The molecular formula is C13H20N2O3. The molecule has 1 amide bonds. The fourth-order valence-electron chi connectivity index (χ4n) is 1.73. The number of aliphatic hydroxyl groups excluding tert-OH is 1. The van der Waals surface area contributed by atoms with E-state index in [2.05, 4.69) is 10.3 Å². The molecule has 0 unspecified atom stereocenters. The third kappa shape index (κ3) is 4.33. The first-order valence-electron chi connectivity index (χ1n) is 6.19. The molecule has 18 heavy (non-hydrogen) atoms. The highest BCUT2D eigenvalue weighted by molar-refractivity contribution is 5.92. The van der Waals surface area contributed by atoms with Crippen LogP contribution in [0.15, 0.2) is 16.9 Å². The monoisotopic (exact) mass is 252 g/mol. The minimum atomic E-state index is -0.356. The van der Waals surface area contributed by atoms with Crippen LogP contribution in [-0.2, 0) is 0 Å². The number of aliphatic hydroxyl groups is 1. The van der Waals surface area contributed by atoms with Gasteiger partial charge in [-0.05, 0) is 13.3 Å². The number of rotatable bonds is 6. The zero-order valence-electron chi connectivity index (χ0n) is 10.8. The summed E-state index contributed by atoms with van der Waals surface area (Å²) >= 11 is 0. The van der Waals surface area contributed by atoms with Crippen LogP contribution in [-0.4, -0.2) is 28.6 Å². The number of aromatic amines is 1. The number of aromatic nitrogens is 1. The summed E-state index contributed by atoms with van der Waals surface area (Å²) in [6, 6.07) is 2.43. The molecule has 0 aliphatic carbocycles. The van der Waals surface area contributed by atoms with Crippen molar-refractivity contribution in [1.29, 1.82) is 0 Å². The van der Waals surface area contributed by atoms with Gasteiger partial charge in [-0.2, -0.15) is 0 Å². The SMILES string of the molecule is CCCC[C@@H](CO)NC(=O)c1cc(=O)cc(C)[nH]1. The number of carbonyl (C=O) groups is 1. The first-order chi connectivity index (χ1) is 8.56. The first kappa shape index (κ1) is 14.4. The van der Waals surface area contributed by atoms with Crippen LogP contribution in [0.1, 0.15) is 42.4 Å². The van der Waals surface area contributed by atoms with Gasteiger partial charge in [-0.15, -0.1) is 0 Å². The molecule has 0 radical (unpaired) electrons. The number of pyridine rings is 1. The Kier molecular flexibility index (Phi) is 5.58. The molecule has 1 atom stereocenters. The van der Waals surface area contributed by atoms with Gasteiger partial charge < -0.3 is 15.4 Å². The molecule has 0 fully saturated rings. The highest BCUT2D eigenvalue weighted by Gasteiger charge is 2.13. The Morgan fingerprint density at radius 3 is 2.78 bits per heavy atom. The summed E-state index contributed by atoms with van der Waals surface area (Å²) in [7, 11) is 0. The van der Waals surface area contributed by atoms with E-state index in [0.29, 0.717) is 5.69 Å². The summed E-state index contributed by atoms with van der Waals surface area (Å²) in [5.41, 5.74) is 0.669. The Labute approximate surface area is 106 Å². The van der Waals surface area contributed by atoms with Crippen LogP contribution in [0.5, 0.6) is 0 Å². The second-order valence-corrected chi connectivity index (χ2v) is 4.41. The van der Waals surface area contributed by atoms with Crippen LogP contribution in [0.3, 0.4) is 0 Å². The van der Waals surface area contributed by atoms with Crippen molar-refractivity contribution in [2.45, 2.75) is 39.2 Å². The van der Waals surface area contributed by atoms with Crippen molar-refractivity contribution in [3.05, 3.63) is 33.7 Å². The fourth-order valence-corrected chi connectivity index (χ4v) is 1.73. The Morgan fingerprint density at radius 1 is 1.50 bits per heavy atom. The Bertz CT molecular complexity index is 454. The van der Waals surface area contributed by atoms with Gasteiger partial charge in [-0.3, -0.25) is 9.59 Å². The third-order valence-electron chi connectivity index (χ3n) is 2.68. The van der Waals surface area contributed by atoms with Crippen molar-refractivity contribution in [2.75, 3.05) is 6.61 Å². The summed E-state index contributed by atoms with van der Waals surface area (Å²) in [6.45, 7) is 3.68. The molecule has 3 N–H and O–H groups in total. The number of unbranched alkanes of at least 4 members (excludes halogenated alkanes) is 1. The molecule has 1 aromatic heterocycles. The third-order valence-corrected chi connectivity index (χ3v) is 2.68. The van der Waals surface area contributed by atoms with Gasteiger partial charge in [0, 0.05) is 17.8 Å². The Balaban J connectivity index is 2.71. The lowest BCUT2D eigenvalue weighted by atomic mass is 10.1. The zero-order valence-corrected chi connectivity index (χ0v) is 10.8. The van der Waals surface area contributed by atoms with Gasteiger partial charge in [-0.1, -0.05) is 19.8 Å². The number of nitrogens with one attached hydrogen (secondary N) is 2. The van der Waals surface area contributed by atoms with E-state index >= 15 is 0 Å². The average molecular weight is 252 g/mol. The molecule has 0 saturated heterocycles. The van der Waals surface area contributed by atoms with Crippen molar-refractivity contribution in [1.82, 2.24) is 10.3 Å². The molecule has 0 spiro atoms. The van der Waals surface area contributed by atoms with Crippen LogP contribution in [0.25, 0.3) is 0 Å². The standard InChI is InChI=1S/C13H20N2O3/c1-3-4-5-10(8-16)15-13(18)12-7-11(17)6-9(2)14-12/h6-7,10,16H,3-5,8H2,1-2H3,(H,14,17)(H,15,18)/t10-/m0/s1. The lowest BCUT2D eigenvalue weighted by Gasteiger charge is -2.15. The second kappa shape index (κ2) is 6.96. The molecule has 1 rings (SSSR count). The van der Waals surface area contributed by atoms with Gasteiger partial charge in [0.15, 0.2) is 5.43 Å². The topological polar surface area (TPSA) is 82.2 Å². The highest BCUT2D eigenvalue weighted by Crippen LogP contribution is 2.01. The molecule has 1 heterocycles. The normalized spacial score (nSPS) is 12.2. The van der Waals surface area contributed by atoms with Gasteiger partial charge in [0.1, 0.15) is 5.69 Å². The predicted molar refractivity (Wildman–Crippen MR) is 69.7 cm³/mol. The van der Waals surface area contributed by atoms with Crippen LogP contribution in [0, 0.1) is 6.92 Å². The molecule has 5 nitrogen and oxygen atoms in total. The van der Waals surface area contributed by atoms with Crippen LogP contribution < -0.4 is 10.7 Å². The molecule has 0 aliphatic rings. The summed E-state index contributed by atoms with van der Waals surface area (Å²) < 4.78 is 0. The van der Waals surface area contributed by atoms with E-state index in [9.17, 15) is 14.7 Å². The van der Waals surface area contributed by atoms with Crippen molar-refractivity contribution in [3.63, 3.8) is 0 Å². The van der Waals surface area contributed by atoms with Gasteiger partial charge in [0.25, 0.3) is 5.91 Å². The smallest absolute Gasteiger partial charge is 0.268 e. The number of hydrogen-bond acceptors (Lipinski definition) is 3. The van der Waals surface area contributed by atoms with Crippen LogP contribution in [0.4, 0.5) is 0 Å². The van der Waals surface area contributed by atoms with Gasteiger partial charge >= 0.3 is 0 Å². The van der Waals surface area contributed by atoms with Crippen molar-refractivity contribution < 1.29 is 9.90 Å². The molecule has 0 aromatic carbocycles. The first-order valence-corrected chi connectivity index (χ1v) is 6.19. The molecule has 5 heteroatoms. The van der Waals surface area contributed by atoms with E-state index in [1.54, 1.807) is 6.92 Å². The maximum atomic E-state index is 11.9. The predicted octanol–water partition coefficient (Wildman–Crippen LogP) is 0.964. The lowest BCUT2D eigenvalue weighted by molar-refractivity contribution is 0.0907. The van der Waals surface area contributed by atoms with E-state index < -0.39 is 0 Å². The summed E-state index contributed by atoms with van der Waals surface area (Å²) in [4.78, 5) is 26.0. The van der Waals surface area contributed by atoms with Crippen LogP contribution >= 0.6 is 0 Å². The maximum absolute atomic E-state index is 11.9. The van der Waals surface area contributed by atoms with Gasteiger partial charge in [-0.25, -0.2) is 0 Å². The molecule has 1 aromatic rings. The average Bonchev–Trinajstić information content (AvgIpc) is 2.32. The Hall–Kier alpha value is -1.62. The lowest BCUT2D eigenvalue weighted by Crippen LogP contribution is -2.38. The number of hydrogen-bond donors (Lipinski definition) is 3. The quantitative estimate of drug-likeness (QED) is 0.705. The van der Waals surface area contributed by atoms with Gasteiger partial charge in [0.2, 0.25) is 0 Å². The van der Waals surface area contributed by atoms with Crippen molar-refractivity contribution >= 4 is 5.91 Å². The number of aryl methyl sites for hydroxylation is 1.